The van der Waals surface area contributed by atoms with Crippen LogP contribution in [0, 0.1) is 0 Å². The molecule has 0 aliphatic rings. The lowest BCUT2D eigenvalue weighted by molar-refractivity contribution is 0.0660. The third-order valence-corrected chi connectivity index (χ3v) is 4.61. The van der Waals surface area contributed by atoms with Crippen molar-refractivity contribution in [3.05, 3.63) is 64.9 Å². The van der Waals surface area contributed by atoms with E-state index >= 15 is 0 Å². The van der Waals surface area contributed by atoms with E-state index in [1.54, 1.807) is 6.20 Å². The van der Waals surface area contributed by atoms with Crippen LogP contribution in [0.3, 0.4) is 0 Å². The molecule has 2 rings (SSSR count). The summed E-state index contributed by atoms with van der Waals surface area (Å²) in [7, 11) is 0. The lowest BCUT2D eigenvalue weighted by Gasteiger charge is -2.41. The second-order valence-corrected chi connectivity index (χ2v) is 7.69. The predicted molar refractivity (Wildman–Crippen MR) is 101 cm³/mol. The maximum atomic E-state index is 11.9. The number of nitrogens with zero attached hydrogens (tertiary/aromatic N) is 2. The molecule has 25 heavy (non-hydrogen) atoms. The van der Waals surface area contributed by atoms with Gasteiger partial charge in [-0.15, -0.1) is 0 Å². The quantitative estimate of drug-likeness (QED) is 0.794. The third kappa shape index (κ3) is 4.95. The number of hydrogen-bond donors (Lipinski definition) is 1. The fraction of sp³-hybridized carbons (Fsp3) is 0.400. The average molecular weight is 361 g/mol. The minimum atomic E-state index is -0.919. The predicted octanol–water partition coefficient (Wildman–Crippen LogP) is 5.23. The van der Waals surface area contributed by atoms with Crippen molar-refractivity contribution in [1.29, 1.82) is 0 Å². The molecule has 0 saturated carbocycles. The van der Waals surface area contributed by atoms with Crippen LogP contribution >= 0.6 is 11.6 Å². The molecule has 1 aromatic carbocycles. The molecule has 0 saturated heterocycles. The van der Waals surface area contributed by atoms with Crippen LogP contribution in [0.15, 0.2) is 48.7 Å². The molecule has 1 heterocycles. The summed E-state index contributed by atoms with van der Waals surface area (Å²) in [6.45, 7) is 7.69. The summed E-state index contributed by atoms with van der Waals surface area (Å²) in [6, 6.07) is 13.2. The highest BCUT2D eigenvalue weighted by molar-refractivity contribution is 6.30. The second-order valence-electron chi connectivity index (χ2n) is 7.26. The van der Waals surface area contributed by atoms with Gasteiger partial charge in [-0.25, -0.2) is 4.79 Å². The molecule has 0 aliphatic heterocycles. The molecule has 0 spiro atoms. The van der Waals surface area contributed by atoms with E-state index in [1.165, 1.54) is 4.90 Å². The van der Waals surface area contributed by atoms with Crippen LogP contribution in [0.2, 0.25) is 5.02 Å². The smallest absolute Gasteiger partial charge is 0.407 e. The minimum Gasteiger partial charge on any atom is -0.465 e. The Morgan fingerprint density at radius 3 is 2.32 bits per heavy atom. The molecule has 0 radical (unpaired) electrons. The summed E-state index contributed by atoms with van der Waals surface area (Å²) < 4.78 is 0. The zero-order valence-electron chi connectivity index (χ0n) is 15.1. The van der Waals surface area contributed by atoms with Gasteiger partial charge in [0.05, 0.1) is 0 Å². The van der Waals surface area contributed by atoms with Crippen LogP contribution in [-0.4, -0.2) is 32.7 Å². The number of hydrogen-bond acceptors (Lipinski definition) is 2. The standard InChI is InChI=1S/C20H25ClN2O2/c1-14(23(19(24)25)20(2,3)4)17(18-7-5-6-12-22-18)13-15-8-10-16(21)11-9-15/h5-12,14,17H,13H2,1-4H3,(H,24,25). The second kappa shape index (κ2) is 7.87. The van der Waals surface area contributed by atoms with Gasteiger partial charge in [-0.1, -0.05) is 29.8 Å². The molecule has 2 unspecified atom stereocenters. The number of halogens is 1. The molecule has 134 valence electrons. The van der Waals surface area contributed by atoms with E-state index in [9.17, 15) is 9.90 Å². The van der Waals surface area contributed by atoms with E-state index in [-0.39, 0.29) is 12.0 Å². The minimum absolute atomic E-state index is 0.0577. The topological polar surface area (TPSA) is 53.4 Å². The van der Waals surface area contributed by atoms with Crippen LogP contribution in [0.25, 0.3) is 0 Å². The Labute approximate surface area is 154 Å². The molecule has 0 fully saturated rings. The molecule has 2 atom stereocenters. The third-order valence-electron chi connectivity index (χ3n) is 4.35. The molecule has 1 aromatic heterocycles. The van der Waals surface area contributed by atoms with Gasteiger partial charge in [-0.05, 0) is 63.9 Å². The number of benzene rings is 1. The highest BCUT2D eigenvalue weighted by Crippen LogP contribution is 2.30. The monoisotopic (exact) mass is 360 g/mol. The van der Waals surface area contributed by atoms with Crippen LogP contribution in [0.5, 0.6) is 0 Å². The van der Waals surface area contributed by atoms with Crippen molar-refractivity contribution in [3.63, 3.8) is 0 Å². The van der Waals surface area contributed by atoms with Gasteiger partial charge in [0.2, 0.25) is 0 Å². The Hall–Kier alpha value is -2.07. The normalized spacial score (nSPS) is 14.0. The summed E-state index contributed by atoms with van der Waals surface area (Å²) in [4.78, 5) is 17.9. The van der Waals surface area contributed by atoms with Gasteiger partial charge < -0.3 is 10.0 Å². The van der Waals surface area contributed by atoms with E-state index in [0.717, 1.165) is 11.3 Å². The maximum Gasteiger partial charge on any atom is 0.407 e. The van der Waals surface area contributed by atoms with E-state index in [0.29, 0.717) is 11.4 Å². The summed E-state index contributed by atoms with van der Waals surface area (Å²) in [5.74, 6) is -0.0577. The first-order valence-corrected chi connectivity index (χ1v) is 8.75. The number of carbonyl (C=O) groups is 1. The van der Waals surface area contributed by atoms with Gasteiger partial charge in [0.1, 0.15) is 0 Å². The maximum absolute atomic E-state index is 11.9. The molecule has 1 amide bonds. The molecule has 2 aromatic rings. The van der Waals surface area contributed by atoms with Crippen LogP contribution in [0.4, 0.5) is 4.79 Å². The first-order chi connectivity index (χ1) is 11.7. The number of carboxylic acid groups (broad SMARTS) is 1. The summed E-state index contributed by atoms with van der Waals surface area (Å²) >= 11 is 5.98. The van der Waals surface area contributed by atoms with Gasteiger partial charge in [0.15, 0.2) is 0 Å². The zero-order valence-corrected chi connectivity index (χ0v) is 15.9. The van der Waals surface area contributed by atoms with Gasteiger partial charge in [0.25, 0.3) is 0 Å². The molecule has 0 bridgehead atoms. The number of pyridine rings is 1. The Balaban J connectivity index is 2.40. The lowest BCUT2D eigenvalue weighted by Crippen LogP contribution is -2.52. The van der Waals surface area contributed by atoms with Crippen LogP contribution < -0.4 is 0 Å². The fourth-order valence-corrected chi connectivity index (χ4v) is 3.37. The average Bonchev–Trinajstić information content (AvgIpc) is 2.53. The van der Waals surface area contributed by atoms with E-state index < -0.39 is 11.6 Å². The molecule has 5 heteroatoms. The van der Waals surface area contributed by atoms with Crippen molar-refractivity contribution in [2.75, 3.05) is 0 Å². The fourth-order valence-electron chi connectivity index (χ4n) is 3.24. The zero-order chi connectivity index (χ0) is 18.6. The van der Waals surface area contributed by atoms with Gasteiger partial charge >= 0.3 is 6.09 Å². The Morgan fingerprint density at radius 2 is 1.84 bits per heavy atom. The summed E-state index contributed by atoms with van der Waals surface area (Å²) in [6.07, 6.45) is 1.52. The van der Waals surface area contributed by atoms with Crippen molar-refractivity contribution in [2.24, 2.45) is 0 Å². The van der Waals surface area contributed by atoms with Crippen molar-refractivity contribution < 1.29 is 9.90 Å². The van der Waals surface area contributed by atoms with Crippen molar-refractivity contribution in [3.8, 4) is 0 Å². The van der Waals surface area contributed by atoms with Crippen LogP contribution in [-0.2, 0) is 6.42 Å². The Bertz CT molecular complexity index is 696. The number of aromatic nitrogens is 1. The SMILES string of the molecule is CC(C(Cc1ccc(Cl)cc1)c1ccccn1)N(C(=O)O)C(C)(C)C. The first kappa shape index (κ1) is 19.3. The van der Waals surface area contributed by atoms with E-state index in [1.807, 2.05) is 70.2 Å². The van der Waals surface area contributed by atoms with Crippen molar-refractivity contribution in [1.82, 2.24) is 9.88 Å². The molecular formula is C20H25ClN2O2. The van der Waals surface area contributed by atoms with Crippen molar-refractivity contribution >= 4 is 17.7 Å². The Kier molecular flexibility index (Phi) is 6.07. The summed E-state index contributed by atoms with van der Waals surface area (Å²) in [5, 5.41) is 10.5. The molecular weight excluding hydrogens is 336 g/mol. The highest BCUT2D eigenvalue weighted by Gasteiger charge is 2.36. The van der Waals surface area contributed by atoms with Gasteiger partial charge in [-0.2, -0.15) is 0 Å². The van der Waals surface area contributed by atoms with Crippen molar-refractivity contribution in [2.45, 2.75) is 51.6 Å². The van der Waals surface area contributed by atoms with E-state index in [4.69, 9.17) is 11.6 Å². The summed E-state index contributed by atoms with van der Waals surface area (Å²) in [5.41, 5.74) is 1.49. The molecule has 4 nitrogen and oxygen atoms in total. The molecule has 1 N–H and O–H groups in total. The van der Waals surface area contributed by atoms with Gasteiger partial charge in [-0.3, -0.25) is 4.98 Å². The Morgan fingerprint density at radius 1 is 1.20 bits per heavy atom. The highest BCUT2D eigenvalue weighted by atomic mass is 35.5. The largest absolute Gasteiger partial charge is 0.465 e. The number of rotatable bonds is 5. The van der Waals surface area contributed by atoms with Crippen LogP contribution in [0.1, 0.15) is 44.9 Å². The first-order valence-electron chi connectivity index (χ1n) is 8.38. The lowest BCUT2D eigenvalue weighted by atomic mass is 9.87. The van der Waals surface area contributed by atoms with E-state index in [2.05, 4.69) is 4.98 Å². The van der Waals surface area contributed by atoms with Gasteiger partial charge in [0, 0.05) is 34.4 Å². The molecule has 0 aliphatic carbocycles. The number of amides is 1.